The van der Waals surface area contributed by atoms with Gasteiger partial charge >= 0.3 is 0 Å². The van der Waals surface area contributed by atoms with Gasteiger partial charge in [0.25, 0.3) is 10.2 Å². The minimum atomic E-state index is -3.37. The molecule has 0 radical (unpaired) electrons. The Morgan fingerprint density at radius 3 is 2.16 bits per heavy atom. The highest BCUT2D eigenvalue weighted by Crippen LogP contribution is 2.25. The van der Waals surface area contributed by atoms with Crippen molar-refractivity contribution >= 4 is 10.2 Å². The fourth-order valence-corrected chi connectivity index (χ4v) is 3.20. The van der Waals surface area contributed by atoms with Gasteiger partial charge in [-0.3, -0.25) is 0 Å². The van der Waals surface area contributed by atoms with Crippen molar-refractivity contribution in [3.63, 3.8) is 0 Å². The zero-order chi connectivity index (χ0) is 15.3. The van der Waals surface area contributed by atoms with E-state index in [1.54, 1.807) is 14.1 Å². The van der Waals surface area contributed by atoms with Crippen LogP contribution in [0.2, 0.25) is 0 Å². The van der Waals surface area contributed by atoms with E-state index in [2.05, 4.69) is 26.1 Å². The summed E-state index contributed by atoms with van der Waals surface area (Å²) >= 11 is 0. The summed E-state index contributed by atoms with van der Waals surface area (Å²) in [5.41, 5.74) is -0.0770. The van der Waals surface area contributed by atoms with Gasteiger partial charge in [-0.25, -0.2) is 0 Å². The molecule has 5 nitrogen and oxygen atoms in total. The molecule has 1 unspecified atom stereocenters. The van der Waals surface area contributed by atoms with E-state index in [9.17, 15) is 8.42 Å². The second-order valence-corrected chi connectivity index (χ2v) is 8.19. The van der Waals surface area contributed by atoms with Gasteiger partial charge in [-0.1, -0.05) is 27.7 Å². The van der Waals surface area contributed by atoms with Crippen LogP contribution in [0.1, 0.15) is 41.0 Å². The maximum Gasteiger partial charge on any atom is 0.281 e. The van der Waals surface area contributed by atoms with Gasteiger partial charge in [-0.15, -0.1) is 0 Å². The van der Waals surface area contributed by atoms with Crippen LogP contribution in [0.3, 0.4) is 0 Å². The van der Waals surface area contributed by atoms with Gasteiger partial charge in [0.1, 0.15) is 0 Å². The standard InChI is InChI=1S/C13H31N3O2S/c1-8-14-10-9-11-15(6)19(17,18)16(7)12(2)13(3,4)5/h12,14H,8-11H2,1-7H3. The minimum absolute atomic E-state index is 0.0475. The molecule has 1 N–H and O–H groups in total. The molecule has 1 atom stereocenters. The highest BCUT2D eigenvalue weighted by molar-refractivity contribution is 7.86. The molecule has 116 valence electrons. The molecule has 19 heavy (non-hydrogen) atoms. The zero-order valence-corrected chi connectivity index (χ0v) is 14.3. The molecule has 0 heterocycles. The topological polar surface area (TPSA) is 52.7 Å². The fourth-order valence-electron chi connectivity index (χ4n) is 1.68. The Kier molecular flexibility index (Phi) is 7.50. The van der Waals surface area contributed by atoms with Gasteiger partial charge in [-0.05, 0) is 31.8 Å². The number of hydrogen-bond acceptors (Lipinski definition) is 3. The van der Waals surface area contributed by atoms with Crippen molar-refractivity contribution < 1.29 is 8.42 Å². The van der Waals surface area contributed by atoms with E-state index < -0.39 is 10.2 Å². The Bertz CT molecular complexity index is 349. The highest BCUT2D eigenvalue weighted by atomic mass is 32.2. The fraction of sp³-hybridized carbons (Fsp3) is 1.00. The molecule has 0 bridgehead atoms. The average molecular weight is 293 g/mol. The smallest absolute Gasteiger partial charge is 0.281 e. The molecule has 0 aliphatic rings. The minimum Gasteiger partial charge on any atom is -0.317 e. The van der Waals surface area contributed by atoms with Crippen LogP contribution in [0.5, 0.6) is 0 Å². The molecule has 0 aromatic carbocycles. The average Bonchev–Trinajstić information content (AvgIpc) is 2.31. The Morgan fingerprint density at radius 1 is 1.21 bits per heavy atom. The Morgan fingerprint density at radius 2 is 1.74 bits per heavy atom. The molecular weight excluding hydrogens is 262 g/mol. The van der Waals surface area contributed by atoms with Crippen LogP contribution in [-0.2, 0) is 10.2 Å². The molecule has 0 spiro atoms. The first kappa shape index (κ1) is 18.8. The van der Waals surface area contributed by atoms with Crippen LogP contribution in [0.25, 0.3) is 0 Å². The molecule has 0 amide bonds. The van der Waals surface area contributed by atoms with E-state index in [0.717, 1.165) is 19.5 Å². The van der Waals surface area contributed by atoms with Gasteiger partial charge in [0.2, 0.25) is 0 Å². The molecule has 0 rings (SSSR count). The van der Waals surface area contributed by atoms with Crippen LogP contribution in [0, 0.1) is 5.41 Å². The lowest BCUT2D eigenvalue weighted by molar-refractivity contribution is 0.207. The van der Waals surface area contributed by atoms with E-state index in [1.807, 2.05) is 13.8 Å². The largest absolute Gasteiger partial charge is 0.317 e. The molecule has 0 aliphatic heterocycles. The Balaban J connectivity index is 4.59. The summed E-state index contributed by atoms with van der Waals surface area (Å²) in [6.45, 7) is 12.4. The summed E-state index contributed by atoms with van der Waals surface area (Å²) in [6.07, 6.45) is 0.821. The SMILES string of the molecule is CCNCCCN(C)S(=O)(=O)N(C)C(C)C(C)(C)C. The molecule has 0 saturated heterocycles. The molecule has 0 aromatic heterocycles. The monoisotopic (exact) mass is 293 g/mol. The van der Waals surface area contributed by atoms with E-state index in [-0.39, 0.29) is 11.5 Å². The summed E-state index contributed by atoms with van der Waals surface area (Å²) in [6, 6.07) is -0.0475. The molecule has 6 heteroatoms. The van der Waals surface area contributed by atoms with E-state index in [1.165, 1.54) is 8.61 Å². The van der Waals surface area contributed by atoms with Crippen LogP contribution in [0.15, 0.2) is 0 Å². The number of nitrogens with one attached hydrogen (secondary N) is 1. The third-order valence-corrected chi connectivity index (χ3v) is 5.65. The van der Waals surface area contributed by atoms with E-state index in [0.29, 0.717) is 6.54 Å². The summed E-state index contributed by atoms with van der Waals surface area (Å²) in [4.78, 5) is 0. The predicted molar refractivity (Wildman–Crippen MR) is 81.4 cm³/mol. The van der Waals surface area contributed by atoms with Crippen LogP contribution in [0.4, 0.5) is 0 Å². The van der Waals surface area contributed by atoms with Gasteiger partial charge in [0.05, 0.1) is 0 Å². The summed E-state index contributed by atoms with van der Waals surface area (Å²) in [5, 5.41) is 3.20. The van der Waals surface area contributed by atoms with Crippen molar-refractivity contribution in [2.24, 2.45) is 5.41 Å². The van der Waals surface area contributed by atoms with Crippen molar-refractivity contribution in [2.45, 2.75) is 47.1 Å². The predicted octanol–water partition coefficient (Wildman–Crippen LogP) is 1.53. The van der Waals surface area contributed by atoms with Gasteiger partial charge in [0.15, 0.2) is 0 Å². The lowest BCUT2D eigenvalue weighted by Crippen LogP contribution is -2.48. The van der Waals surface area contributed by atoms with Crippen molar-refractivity contribution in [3.05, 3.63) is 0 Å². The first-order valence-corrected chi connectivity index (χ1v) is 8.34. The third kappa shape index (κ3) is 5.77. The first-order valence-electron chi connectivity index (χ1n) is 6.95. The Hall–Kier alpha value is -0.170. The van der Waals surface area contributed by atoms with Crippen molar-refractivity contribution in [2.75, 3.05) is 33.7 Å². The molecule has 0 aliphatic carbocycles. The van der Waals surface area contributed by atoms with Gasteiger partial charge in [0, 0.05) is 26.7 Å². The lowest BCUT2D eigenvalue weighted by Gasteiger charge is -2.36. The highest BCUT2D eigenvalue weighted by Gasteiger charge is 2.33. The van der Waals surface area contributed by atoms with Crippen molar-refractivity contribution in [1.29, 1.82) is 0 Å². The quantitative estimate of drug-likeness (QED) is 0.691. The van der Waals surface area contributed by atoms with Gasteiger partial charge in [-0.2, -0.15) is 17.0 Å². The Labute approximate surface area is 119 Å². The van der Waals surface area contributed by atoms with Gasteiger partial charge < -0.3 is 5.32 Å². The maximum atomic E-state index is 12.4. The van der Waals surface area contributed by atoms with Crippen molar-refractivity contribution in [1.82, 2.24) is 13.9 Å². The van der Waals surface area contributed by atoms with Crippen LogP contribution in [-0.4, -0.2) is 56.8 Å². The zero-order valence-electron chi connectivity index (χ0n) is 13.5. The second-order valence-electron chi connectivity index (χ2n) is 6.09. The molecular formula is C13H31N3O2S. The summed E-state index contributed by atoms with van der Waals surface area (Å²) < 4.78 is 27.7. The molecule has 0 aromatic rings. The van der Waals surface area contributed by atoms with Crippen LogP contribution < -0.4 is 5.32 Å². The van der Waals surface area contributed by atoms with Crippen molar-refractivity contribution in [3.8, 4) is 0 Å². The summed E-state index contributed by atoms with van der Waals surface area (Å²) in [5.74, 6) is 0. The van der Waals surface area contributed by atoms with Crippen LogP contribution >= 0.6 is 0 Å². The number of hydrogen-bond donors (Lipinski definition) is 1. The summed E-state index contributed by atoms with van der Waals surface area (Å²) in [7, 11) is -0.0649. The number of rotatable bonds is 8. The molecule has 0 fully saturated rings. The second kappa shape index (κ2) is 7.57. The van der Waals surface area contributed by atoms with E-state index >= 15 is 0 Å². The third-order valence-electron chi connectivity index (χ3n) is 3.63. The first-order chi connectivity index (χ1) is 8.55. The lowest BCUT2D eigenvalue weighted by atomic mass is 9.88. The van der Waals surface area contributed by atoms with E-state index in [4.69, 9.17) is 0 Å². The maximum absolute atomic E-state index is 12.4. The normalized spacial score (nSPS) is 15.2. The number of nitrogens with zero attached hydrogens (tertiary/aromatic N) is 2. The molecule has 0 saturated carbocycles.